The van der Waals surface area contributed by atoms with Crippen molar-refractivity contribution in [2.75, 3.05) is 13.6 Å². The average molecular weight is 468 g/mol. The maximum atomic E-state index is 6.21. The lowest BCUT2D eigenvalue weighted by Gasteiger charge is -2.22. The van der Waals surface area contributed by atoms with Gasteiger partial charge in [-0.25, -0.2) is 0 Å². The van der Waals surface area contributed by atoms with E-state index >= 15 is 0 Å². The van der Waals surface area contributed by atoms with Crippen molar-refractivity contribution >= 4 is 11.8 Å². The number of fused-ring (bicyclic) bond motifs is 2. The van der Waals surface area contributed by atoms with E-state index in [2.05, 4.69) is 112 Å². The van der Waals surface area contributed by atoms with Crippen LogP contribution in [-0.4, -0.2) is 18.5 Å². The minimum atomic E-state index is 0.225. The van der Waals surface area contributed by atoms with Crippen LogP contribution >= 0.6 is 0 Å². The van der Waals surface area contributed by atoms with Gasteiger partial charge in [-0.2, -0.15) is 0 Å². The van der Waals surface area contributed by atoms with E-state index in [0.29, 0.717) is 6.61 Å². The second-order valence-electron chi connectivity index (χ2n) is 10.9. The molecule has 0 saturated carbocycles. The summed E-state index contributed by atoms with van der Waals surface area (Å²) in [5.74, 6) is 0.982. The van der Waals surface area contributed by atoms with Gasteiger partial charge in [0.1, 0.15) is 12.4 Å². The van der Waals surface area contributed by atoms with E-state index in [4.69, 9.17) is 4.74 Å². The zero-order valence-corrected chi connectivity index (χ0v) is 22.2. The summed E-state index contributed by atoms with van der Waals surface area (Å²) < 4.78 is 6.21. The van der Waals surface area contributed by atoms with E-state index in [1.807, 2.05) is 0 Å². The van der Waals surface area contributed by atoms with E-state index < -0.39 is 0 Å². The number of rotatable bonds is 8. The van der Waals surface area contributed by atoms with Gasteiger partial charge in [0, 0.05) is 24.5 Å². The van der Waals surface area contributed by atoms with Gasteiger partial charge in [0.2, 0.25) is 0 Å². The number of aryl methyl sites for hydroxylation is 1. The van der Waals surface area contributed by atoms with Crippen molar-refractivity contribution in [2.24, 2.45) is 0 Å². The Balaban J connectivity index is 1.35. The monoisotopic (exact) mass is 467 g/mol. The molecule has 2 nitrogen and oxygen atoms in total. The normalized spacial score (nSPS) is 13.6. The van der Waals surface area contributed by atoms with Gasteiger partial charge in [-0.3, -0.25) is 0 Å². The molecule has 0 unspecified atom stereocenters. The van der Waals surface area contributed by atoms with Crippen molar-refractivity contribution < 1.29 is 4.74 Å². The highest BCUT2D eigenvalue weighted by atomic mass is 16.5. The predicted molar refractivity (Wildman–Crippen MR) is 149 cm³/mol. The first kappa shape index (κ1) is 25.1. The molecule has 4 rings (SSSR count). The third-order valence-electron chi connectivity index (χ3n) is 7.17. The highest BCUT2D eigenvalue weighted by Crippen LogP contribution is 2.23. The third-order valence-corrected chi connectivity index (χ3v) is 7.17. The summed E-state index contributed by atoms with van der Waals surface area (Å²) in [6, 6.07) is 24.4. The van der Waals surface area contributed by atoms with Crippen LogP contribution in [0.3, 0.4) is 0 Å². The molecule has 0 aromatic heterocycles. The van der Waals surface area contributed by atoms with Crippen LogP contribution in [0.1, 0.15) is 75.6 Å². The van der Waals surface area contributed by atoms with Crippen LogP contribution in [0, 0.1) is 0 Å². The largest absolute Gasteiger partial charge is 0.488 e. The average Bonchev–Trinajstić information content (AvgIpc) is 3.03. The van der Waals surface area contributed by atoms with Crippen LogP contribution in [0.15, 0.2) is 66.7 Å². The number of unbranched alkanes of at least 4 members (excludes halogenated alkanes) is 2. The minimum absolute atomic E-state index is 0.225. The number of hydrogen-bond donors (Lipinski definition) is 0. The van der Waals surface area contributed by atoms with Crippen molar-refractivity contribution in [1.82, 2.24) is 4.90 Å². The smallest absolute Gasteiger partial charge is 0.127 e. The van der Waals surface area contributed by atoms with Gasteiger partial charge in [0.05, 0.1) is 0 Å². The molecule has 0 aliphatic carbocycles. The topological polar surface area (TPSA) is 12.5 Å². The molecule has 0 spiro atoms. The standard InChI is InChI=1S/C33H41NO/c1-6-31(27-17-18-28-22-26-13-9-10-14-29(26)24-35-32(28)23-27)34(5)21-11-7-8-12-25-15-19-30(20-16-25)33(2,3)4/h9-10,13-20,22-23H,6-8,11-12,21,24H2,1-5H3. The van der Waals surface area contributed by atoms with Gasteiger partial charge in [0.25, 0.3) is 0 Å². The number of benzene rings is 3. The number of ether oxygens (including phenoxy) is 1. The lowest BCUT2D eigenvalue weighted by Crippen LogP contribution is -2.25. The zero-order chi connectivity index (χ0) is 24.8. The van der Waals surface area contributed by atoms with E-state index in [1.54, 1.807) is 0 Å². The molecule has 1 aliphatic rings. The van der Waals surface area contributed by atoms with E-state index in [9.17, 15) is 0 Å². The SMILES string of the molecule is CCC(=c1ccc2c(c1)OCc1ccccc1C=2)N(C)CCCCCc1ccc(C(C)(C)C)cc1. The molecule has 3 aromatic carbocycles. The van der Waals surface area contributed by atoms with Gasteiger partial charge in [-0.1, -0.05) is 94.8 Å². The van der Waals surface area contributed by atoms with Gasteiger partial charge in [0.15, 0.2) is 0 Å². The summed E-state index contributed by atoms with van der Waals surface area (Å²) in [6.45, 7) is 10.8. The molecule has 184 valence electrons. The van der Waals surface area contributed by atoms with E-state index in [-0.39, 0.29) is 5.41 Å². The number of hydrogen-bond acceptors (Lipinski definition) is 2. The van der Waals surface area contributed by atoms with Gasteiger partial charge >= 0.3 is 0 Å². The Morgan fingerprint density at radius 3 is 2.43 bits per heavy atom. The lowest BCUT2D eigenvalue weighted by molar-refractivity contribution is 0.304. The fraction of sp³-hybridized carbons (Fsp3) is 0.394. The highest BCUT2D eigenvalue weighted by Gasteiger charge is 2.13. The van der Waals surface area contributed by atoms with Crippen molar-refractivity contribution in [3.05, 3.63) is 99.4 Å². The second-order valence-corrected chi connectivity index (χ2v) is 10.9. The first-order chi connectivity index (χ1) is 16.8. The summed E-state index contributed by atoms with van der Waals surface area (Å²) in [7, 11) is 2.23. The van der Waals surface area contributed by atoms with Crippen molar-refractivity contribution in [3.8, 4) is 5.75 Å². The molecule has 3 aromatic rings. The molecule has 2 heteroatoms. The molecular weight excluding hydrogens is 426 g/mol. The number of nitrogens with zero attached hydrogens (tertiary/aromatic N) is 1. The summed E-state index contributed by atoms with van der Waals surface area (Å²) in [5, 5.41) is 2.43. The zero-order valence-electron chi connectivity index (χ0n) is 22.2. The molecule has 0 radical (unpaired) electrons. The lowest BCUT2D eigenvalue weighted by atomic mass is 9.86. The summed E-state index contributed by atoms with van der Waals surface area (Å²) in [5.41, 5.74) is 6.97. The van der Waals surface area contributed by atoms with E-state index in [0.717, 1.165) is 23.9 Å². The Kier molecular flexibility index (Phi) is 8.00. The van der Waals surface area contributed by atoms with Crippen molar-refractivity contribution in [1.29, 1.82) is 0 Å². The van der Waals surface area contributed by atoms with Crippen LogP contribution in [0.5, 0.6) is 5.75 Å². The molecule has 35 heavy (non-hydrogen) atoms. The molecule has 1 heterocycles. The van der Waals surface area contributed by atoms with Crippen LogP contribution in [0.25, 0.3) is 11.8 Å². The Morgan fingerprint density at radius 2 is 1.69 bits per heavy atom. The quantitative estimate of drug-likeness (QED) is 0.348. The molecule has 0 atom stereocenters. The van der Waals surface area contributed by atoms with E-state index in [1.165, 1.54) is 58.9 Å². The summed E-state index contributed by atoms with van der Waals surface area (Å²) >= 11 is 0. The summed E-state index contributed by atoms with van der Waals surface area (Å²) in [6.07, 6.45) is 8.13. The third kappa shape index (κ3) is 6.36. The molecule has 0 amide bonds. The summed E-state index contributed by atoms with van der Waals surface area (Å²) in [4.78, 5) is 2.44. The maximum Gasteiger partial charge on any atom is 0.127 e. The second kappa shape index (κ2) is 11.2. The van der Waals surface area contributed by atoms with Crippen molar-refractivity contribution in [2.45, 2.75) is 71.8 Å². The molecule has 1 aliphatic heterocycles. The maximum absolute atomic E-state index is 6.21. The van der Waals surface area contributed by atoms with Crippen molar-refractivity contribution in [3.63, 3.8) is 0 Å². The first-order valence-electron chi connectivity index (χ1n) is 13.2. The Bertz CT molecular complexity index is 1250. The van der Waals surface area contributed by atoms with Crippen LogP contribution in [0.2, 0.25) is 0 Å². The Morgan fingerprint density at radius 1 is 0.914 bits per heavy atom. The fourth-order valence-corrected chi connectivity index (χ4v) is 4.94. The Hall–Kier alpha value is -3.00. The molecule has 0 fully saturated rings. The molecule has 0 saturated heterocycles. The van der Waals surface area contributed by atoms with Gasteiger partial charge < -0.3 is 9.64 Å². The van der Waals surface area contributed by atoms with Crippen LogP contribution in [-0.2, 0) is 18.4 Å². The fourth-order valence-electron chi connectivity index (χ4n) is 4.94. The van der Waals surface area contributed by atoms with Crippen LogP contribution in [0.4, 0.5) is 0 Å². The minimum Gasteiger partial charge on any atom is -0.488 e. The predicted octanol–water partition coefficient (Wildman–Crippen LogP) is 6.57. The highest BCUT2D eigenvalue weighted by molar-refractivity contribution is 5.58. The van der Waals surface area contributed by atoms with Gasteiger partial charge in [-0.15, -0.1) is 0 Å². The molecular formula is C33H41NO. The molecule has 0 bridgehead atoms. The first-order valence-corrected chi connectivity index (χ1v) is 13.2. The van der Waals surface area contributed by atoms with Gasteiger partial charge in [-0.05, 0) is 70.7 Å². The Labute approximate surface area is 212 Å². The molecule has 0 N–H and O–H groups in total. The van der Waals surface area contributed by atoms with Crippen LogP contribution < -0.4 is 15.2 Å².